The first-order valence-electron chi connectivity index (χ1n) is 7.48. The predicted octanol–water partition coefficient (Wildman–Crippen LogP) is 2.83. The van der Waals surface area contributed by atoms with E-state index in [2.05, 4.69) is 10.1 Å². The Morgan fingerprint density at radius 3 is 2.44 bits per heavy atom. The number of hydrogen-bond acceptors (Lipinski definition) is 2. The fourth-order valence-electron chi connectivity index (χ4n) is 2.21. The van der Waals surface area contributed by atoms with Crippen LogP contribution in [0, 0.1) is 11.6 Å². The second kappa shape index (κ2) is 8.48. The average Bonchev–Trinajstić information content (AvgIpc) is 2.54. The van der Waals surface area contributed by atoms with Crippen molar-refractivity contribution in [1.82, 2.24) is 0 Å². The molecule has 25 heavy (non-hydrogen) atoms. The molecule has 8 heteroatoms. The normalized spacial score (nSPS) is 12.1. The Hall–Kier alpha value is -2.61. The van der Waals surface area contributed by atoms with Gasteiger partial charge in [-0.1, -0.05) is 0 Å². The Balaban J connectivity index is 1.85. The maximum absolute atomic E-state index is 13.7. The minimum absolute atomic E-state index is 0.00721. The standard InChI is InChI=1S/C17H16F4N2O2/c1-10(14-7-2-11(18)8-15(14)19)22-9-16(24)23-12-3-5-13(6-4-12)25-17(20)21/h2-8,10,17,22H,9H2,1H3,(H,23,24)/p+1/t10-/m0/s1. The van der Waals surface area contributed by atoms with E-state index in [9.17, 15) is 22.4 Å². The van der Waals surface area contributed by atoms with Gasteiger partial charge in [0, 0.05) is 17.3 Å². The van der Waals surface area contributed by atoms with Gasteiger partial charge in [-0.15, -0.1) is 0 Å². The number of amides is 1. The summed E-state index contributed by atoms with van der Waals surface area (Å²) in [6, 6.07) is 8.38. The predicted molar refractivity (Wildman–Crippen MR) is 83.3 cm³/mol. The van der Waals surface area contributed by atoms with Crippen LogP contribution >= 0.6 is 0 Å². The molecular formula is C17H17F4N2O2+. The van der Waals surface area contributed by atoms with Gasteiger partial charge < -0.3 is 15.4 Å². The number of rotatable bonds is 7. The van der Waals surface area contributed by atoms with E-state index in [-0.39, 0.29) is 24.2 Å². The van der Waals surface area contributed by atoms with E-state index in [4.69, 9.17) is 0 Å². The minimum Gasteiger partial charge on any atom is -0.435 e. The molecule has 4 nitrogen and oxygen atoms in total. The maximum atomic E-state index is 13.7. The third-order valence-electron chi connectivity index (χ3n) is 3.47. The molecule has 0 bridgehead atoms. The number of benzene rings is 2. The monoisotopic (exact) mass is 357 g/mol. The third-order valence-corrected chi connectivity index (χ3v) is 3.47. The molecule has 0 unspecified atom stereocenters. The number of nitrogens with one attached hydrogen (secondary N) is 1. The van der Waals surface area contributed by atoms with Gasteiger partial charge in [0.25, 0.3) is 5.91 Å². The molecule has 0 aromatic heterocycles. The van der Waals surface area contributed by atoms with Crippen LogP contribution in [0.15, 0.2) is 42.5 Å². The number of hydrogen-bond donors (Lipinski definition) is 2. The van der Waals surface area contributed by atoms with Crippen molar-refractivity contribution in [1.29, 1.82) is 0 Å². The molecule has 2 aromatic rings. The minimum atomic E-state index is -2.91. The van der Waals surface area contributed by atoms with Crippen LogP contribution in [0.5, 0.6) is 5.75 Å². The summed E-state index contributed by atoms with van der Waals surface area (Å²) in [5, 5.41) is 4.18. The van der Waals surface area contributed by atoms with Gasteiger partial charge in [0.05, 0.1) is 0 Å². The smallest absolute Gasteiger partial charge is 0.387 e. The highest BCUT2D eigenvalue weighted by Gasteiger charge is 2.16. The lowest BCUT2D eigenvalue weighted by Gasteiger charge is -2.12. The molecule has 0 heterocycles. The maximum Gasteiger partial charge on any atom is 0.387 e. The Bertz CT molecular complexity index is 723. The van der Waals surface area contributed by atoms with Crippen LogP contribution in [0.3, 0.4) is 0 Å². The number of alkyl halides is 2. The van der Waals surface area contributed by atoms with Gasteiger partial charge in [-0.3, -0.25) is 4.79 Å². The van der Waals surface area contributed by atoms with Crippen molar-refractivity contribution in [2.75, 3.05) is 11.9 Å². The fraction of sp³-hybridized carbons (Fsp3) is 0.235. The molecule has 0 aliphatic carbocycles. The van der Waals surface area contributed by atoms with E-state index in [0.717, 1.165) is 12.1 Å². The van der Waals surface area contributed by atoms with E-state index < -0.39 is 18.2 Å². The third kappa shape index (κ3) is 5.75. The number of carbonyl (C=O) groups excluding carboxylic acids is 1. The fourth-order valence-corrected chi connectivity index (χ4v) is 2.21. The van der Waals surface area contributed by atoms with Crippen LogP contribution in [0.25, 0.3) is 0 Å². The Morgan fingerprint density at radius 2 is 1.84 bits per heavy atom. The van der Waals surface area contributed by atoms with Crippen LogP contribution in [0.2, 0.25) is 0 Å². The summed E-state index contributed by atoms with van der Waals surface area (Å²) < 4.78 is 54.9. The topological polar surface area (TPSA) is 54.9 Å². The van der Waals surface area contributed by atoms with Crippen LogP contribution in [-0.2, 0) is 4.79 Å². The SMILES string of the molecule is C[C@H]([NH2+]CC(=O)Nc1ccc(OC(F)F)cc1)c1ccc(F)cc1F. The highest BCUT2D eigenvalue weighted by atomic mass is 19.3. The van der Waals surface area contributed by atoms with Crippen molar-refractivity contribution in [3.63, 3.8) is 0 Å². The Labute approximate surface area is 141 Å². The summed E-state index contributed by atoms with van der Waals surface area (Å²) in [6.45, 7) is -1.21. The van der Waals surface area contributed by atoms with E-state index in [1.54, 1.807) is 12.2 Å². The number of quaternary nitrogens is 1. The number of ether oxygens (including phenoxy) is 1. The zero-order valence-electron chi connectivity index (χ0n) is 13.3. The van der Waals surface area contributed by atoms with E-state index in [1.165, 1.54) is 30.3 Å². The van der Waals surface area contributed by atoms with Crippen molar-refractivity contribution in [3.8, 4) is 5.75 Å². The van der Waals surface area contributed by atoms with Crippen LogP contribution in [-0.4, -0.2) is 19.1 Å². The first-order valence-corrected chi connectivity index (χ1v) is 7.48. The van der Waals surface area contributed by atoms with Crippen LogP contribution in [0.1, 0.15) is 18.5 Å². The van der Waals surface area contributed by atoms with Crippen LogP contribution in [0.4, 0.5) is 23.2 Å². The zero-order valence-corrected chi connectivity index (χ0v) is 13.3. The van der Waals surface area contributed by atoms with Crippen molar-refractivity contribution < 1.29 is 32.4 Å². The quantitative estimate of drug-likeness (QED) is 0.749. The summed E-state index contributed by atoms with van der Waals surface area (Å²) in [5.41, 5.74) is 0.711. The molecule has 0 saturated carbocycles. The van der Waals surface area contributed by atoms with Gasteiger partial charge in [-0.2, -0.15) is 8.78 Å². The lowest BCUT2D eigenvalue weighted by Crippen LogP contribution is -2.86. The van der Waals surface area contributed by atoms with Gasteiger partial charge in [-0.25, -0.2) is 8.78 Å². The molecule has 3 N–H and O–H groups in total. The molecule has 0 aliphatic heterocycles. The molecule has 0 spiro atoms. The van der Waals surface area contributed by atoms with Gasteiger partial charge in [0.1, 0.15) is 23.4 Å². The lowest BCUT2D eigenvalue weighted by atomic mass is 10.1. The summed E-state index contributed by atoms with van der Waals surface area (Å²) >= 11 is 0. The molecule has 0 saturated heterocycles. The summed E-state index contributed by atoms with van der Waals surface area (Å²) in [4.78, 5) is 11.9. The second-order valence-electron chi connectivity index (χ2n) is 5.35. The van der Waals surface area contributed by atoms with Crippen molar-refractivity contribution in [3.05, 3.63) is 59.7 Å². The first kappa shape index (κ1) is 18.7. The lowest BCUT2D eigenvalue weighted by molar-refractivity contribution is -0.682. The highest BCUT2D eigenvalue weighted by molar-refractivity contribution is 5.91. The van der Waals surface area contributed by atoms with Crippen molar-refractivity contribution >= 4 is 11.6 Å². The van der Waals surface area contributed by atoms with Gasteiger partial charge in [-0.05, 0) is 43.3 Å². The Kier molecular flexibility index (Phi) is 6.35. The molecule has 0 radical (unpaired) electrons. The molecule has 2 aromatic carbocycles. The molecule has 2 rings (SSSR count). The Morgan fingerprint density at radius 1 is 1.16 bits per heavy atom. The van der Waals surface area contributed by atoms with E-state index in [0.29, 0.717) is 11.3 Å². The van der Waals surface area contributed by atoms with Crippen molar-refractivity contribution in [2.45, 2.75) is 19.6 Å². The molecule has 1 amide bonds. The molecule has 1 atom stereocenters. The van der Waals surface area contributed by atoms with Crippen LogP contribution < -0.4 is 15.4 Å². The largest absolute Gasteiger partial charge is 0.435 e. The molecule has 134 valence electrons. The molecule has 0 aliphatic rings. The zero-order chi connectivity index (χ0) is 18.4. The summed E-state index contributed by atoms with van der Waals surface area (Å²) in [6.07, 6.45) is 0. The summed E-state index contributed by atoms with van der Waals surface area (Å²) in [5.74, 6) is -1.69. The number of carbonyl (C=O) groups is 1. The van der Waals surface area contributed by atoms with Crippen molar-refractivity contribution in [2.24, 2.45) is 0 Å². The molecule has 0 fully saturated rings. The first-order chi connectivity index (χ1) is 11.8. The van der Waals surface area contributed by atoms with Gasteiger partial charge in [0.2, 0.25) is 0 Å². The van der Waals surface area contributed by atoms with Gasteiger partial charge in [0.15, 0.2) is 6.54 Å². The number of nitrogens with two attached hydrogens (primary N) is 1. The van der Waals surface area contributed by atoms with Gasteiger partial charge >= 0.3 is 6.61 Å². The summed E-state index contributed by atoms with van der Waals surface area (Å²) in [7, 11) is 0. The average molecular weight is 357 g/mol. The number of halogens is 4. The number of anilines is 1. The highest BCUT2D eigenvalue weighted by Crippen LogP contribution is 2.17. The van der Waals surface area contributed by atoms with E-state index >= 15 is 0 Å². The second-order valence-corrected chi connectivity index (χ2v) is 5.35. The molecular weight excluding hydrogens is 340 g/mol. The van der Waals surface area contributed by atoms with E-state index in [1.807, 2.05) is 0 Å².